The van der Waals surface area contributed by atoms with Gasteiger partial charge in [0.15, 0.2) is 11.9 Å². The molecule has 2 aromatic rings. The van der Waals surface area contributed by atoms with Crippen LogP contribution in [0.3, 0.4) is 0 Å². The summed E-state index contributed by atoms with van der Waals surface area (Å²) in [6.07, 6.45) is 0. The van der Waals surface area contributed by atoms with Gasteiger partial charge < -0.3 is 19.7 Å². The molecule has 1 aliphatic heterocycles. The van der Waals surface area contributed by atoms with Gasteiger partial charge in [0, 0.05) is 5.56 Å². The zero-order chi connectivity index (χ0) is 16.1. The minimum Gasteiger partial charge on any atom is -0.481 e. The Morgan fingerprint density at radius 2 is 1.61 bits per heavy atom. The molecule has 6 heteroatoms. The van der Waals surface area contributed by atoms with Crippen LogP contribution in [-0.4, -0.2) is 50.4 Å². The van der Waals surface area contributed by atoms with Crippen LogP contribution in [0.25, 0.3) is 0 Å². The summed E-state index contributed by atoms with van der Waals surface area (Å²) < 4.78 is 10.6. The number of aromatic nitrogens is 2. The monoisotopic (exact) mass is 316 g/mol. The van der Waals surface area contributed by atoms with E-state index in [-0.39, 0.29) is 6.04 Å². The van der Waals surface area contributed by atoms with Crippen LogP contribution < -0.4 is 19.7 Å². The number of hydrogen-bond acceptors (Lipinski definition) is 4. The molecule has 122 valence electrons. The Morgan fingerprint density at radius 3 is 2.17 bits per heavy atom. The van der Waals surface area contributed by atoms with Crippen molar-refractivity contribution >= 4 is 0 Å². The predicted octanol–water partition coefficient (Wildman–Crippen LogP) is -0.955. The lowest BCUT2D eigenvalue weighted by atomic mass is 10.0. The molecular formula is C17H24N4O2+2. The third kappa shape index (κ3) is 3.60. The van der Waals surface area contributed by atoms with Crippen LogP contribution in [0, 0.1) is 0 Å². The molecule has 3 N–H and O–H groups in total. The Labute approximate surface area is 136 Å². The maximum Gasteiger partial charge on any atom is 0.220 e. The topological polar surface area (TPSA) is 65.3 Å². The van der Waals surface area contributed by atoms with E-state index in [9.17, 15) is 0 Å². The molecule has 1 saturated heterocycles. The second-order valence-corrected chi connectivity index (χ2v) is 5.68. The highest BCUT2D eigenvalue weighted by Crippen LogP contribution is 2.22. The first-order chi connectivity index (χ1) is 11.3. The molecule has 1 aliphatic rings. The van der Waals surface area contributed by atoms with Crippen molar-refractivity contribution in [2.24, 2.45) is 0 Å². The van der Waals surface area contributed by atoms with E-state index in [0.717, 1.165) is 32.0 Å². The zero-order valence-electron chi connectivity index (χ0n) is 13.7. The van der Waals surface area contributed by atoms with Crippen molar-refractivity contribution < 1.29 is 19.7 Å². The van der Waals surface area contributed by atoms with Gasteiger partial charge in [0.1, 0.15) is 26.2 Å². The Kier molecular flexibility index (Phi) is 5.05. The third-order valence-electron chi connectivity index (χ3n) is 4.25. The van der Waals surface area contributed by atoms with Gasteiger partial charge in [-0.2, -0.15) is 9.97 Å². The van der Waals surface area contributed by atoms with Crippen molar-refractivity contribution in [3.63, 3.8) is 0 Å². The van der Waals surface area contributed by atoms with Crippen molar-refractivity contribution in [3.8, 4) is 11.8 Å². The lowest BCUT2D eigenvalue weighted by molar-refractivity contribution is -0.968. The number of hydrogen-bond donors (Lipinski definition) is 2. The van der Waals surface area contributed by atoms with Crippen LogP contribution in [0.5, 0.6) is 11.8 Å². The summed E-state index contributed by atoms with van der Waals surface area (Å²) in [6, 6.07) is 12.3. The van der Waals surface area contributed by atoms with Crippen molar-refractivity contribution in [1.29, 1.82) is 0 Å². The van der Waals surface area contributed by atoms with E-state index in [4.69, 9.17) is 9.47 Å². The SMILES string of the molecule is COc1cc(OC)nc([C@@H](c2ccccc2)[NH+]2CC[NH2+]CC2)n1. The largest absolute Gasteiger partial charge is 0.481 e. The standard InChI is InChI=1S/C17H22N4O2/c1-22-14-12-15(23-2)20-17(19-14)16(13-6-4-3-5-7-13)21-10-8-18-9-11-21/h3-7,12,16,18H,8-11H2,1-2H3/p+2/t16-/m1/s1. The number of nitrogens with one attached hydrogen (secondary N) is 1. The molecule has 0 spiro atoms. The average Bonchev–Trinajstić information content (AvgIpc) is 2.63. The highest BCUT2D eigenvalue weighted by molar-refractivity contribution is 5.27. The van der Waals surface area contributed by atoms with Gasteiger partial charge in [-0.1, -0.05) is 30.3 Å². The molecule has 0 bridgehead atoms. The van der Waals surface area contributed by atoms with Crippen LogP contribution in [0.1, 0.15) is 17.4 Å². The summed E-state index contributed by atoms with van der Waals surface area (Å²) in [4.78, 5) is 10.7. The molecule has 0 unspecified atom stereocenters. The molecule has 1 fully saturated rings. The van der Waals surface area contributed by atoms with Gasteiger partial charge in [-0.05, 0) is 0 Å². The van der Waals surface area contributed by atoms with Crippen molar-refractivity contribution in [3.05, 3.63) is 47.8 Å². The molecule has 0 radical (unpaired) electrons. The number of quaternary nitrogens is 2. The summed E-state index contributed by atoms with van der Waals surface area (Å²) in [5, 5.41) is 2.36. The molecule has 2 heterocycles. The Bertz CT molecular complexity index is 607. The fraction of sp³-hybridized carbons (Fsp3) is 0.412. The Morgan fingerprint density at radius 1 is 1.00 bits per heavy atom. The third-order valence-corrected chi connectivity index (χ3v) is 4.25. The smallest absolute Gasteiger partial charge is 0.220 e. The van der Waals surface area contributed by atoms with E-state index in [1.165, 1.54) is 10.5 Å². The summed E-state index contributed by atoms with van der Waals surface area (Å²) in [6.45, 7) is 4.42. The second-order valence-electron chi connectivity index (χ2n) is 5.68. The average molecular weight is 316 g/mol. The van der Waals surface area contributed by atoms with Crippen molar-refractivity contribution in [1.82, 2.24) is 9.97 Å². The van der Waals surface area contributed by atoms with Gasteiger partial charge in [0.05, 0.1) is 20.3 Å². The molecule has 1 aromatic heterocycles. The van der Waals surface area contributed by atoms with Crippen LogP contribution in [0.4, 0.5) is 0 Å². The molecule has 1 aromatic carbocycles. The number of nitrogens with zero attached hydrogens (tertiary/aromatic N) is 2. The quantitative estimate of drug-likeness (QED) is 0.746. The molecule has 6 nitrogen and oxygen atoms in total. The maximum absolute atomic E-state index is 5.32. The predicted molar refractivity (Wildman–Crippen MR) is 85.8 cm³/mol. The van der Waals surface area contributed by atoms with E-state index < -0.39 is 0 Å². The first-order valence-corrected chi connectivity index (χ1v) is 8.00. The van der Waals surface area contributed by atoms with Gasteiger partial charge in [-0.25, -0.2) is 0 Å². The van der Waals surface area contributed by atoms with Gasteiger partial charge in [0.25, 0.3) is 0 Å². The Balaban J connectivity index is 2.04. The molecule has 1 atom stereocenters. The number of nitrogens with two attached hydrogens (primary N) is 1. The second kappa shape index (κ2) is 7.39. The van der Waals surface area contributed by atoms with E-state index in [1.54, 1.807) is 20.3 Å². The Hall–Kier alpha value is -2.18. The summed E-state index contributed by atoms with van der Waals surface area (Å²) >= 11 is 0. The minimum atomic E-state index is 0.0916. The van der Waals surface area contributed by atoms with Crippen LogP contribution in [0.2, 0.25) is 0 Å². The van der Waals surface area contributed by atoms with E-state index in [2.05, 4.69) is 39.6 Å². The molecular weight excluding hydrogens is 292 g/mol. The molecule has 3 rings (SSSR count). The van der Waals surface area contributed by atoms with E-state index >= 15 is 0 Å². The lowest BCUT2D eigenvalue weighted by Crippen LogP contribution is -3.20. The number of rotatable bonds is 5. The van der Waals surface area contributed by atoms with Crippen molar-refractivity contribution in [2.45, 2.75) is 6.04 Å². The normalized spacial score (nSPS) is 16.8. The first kappa shape index (κ1) is 15.7. The number of piperazine rings is 1. The summed E-state index contributed by atoms with van der Waals surface area (Å²) in [5.41, 5.74) is 1.22. The summed E-state index contributed by atoms with van der Waals surface area (Å²) in [5.74, 6) is 1.83. The van der Waals surface area contributed by atoms with Crippen LogP contribution >= 0.6 is 0 Å². The zero-order valence-corrected chi connectivity index (χ0v) is 13.7. The molecule has 23 heavy (non-hydrogen) atoms. The highest BCUT2D eigenvalue weighted by atomic mass is 16.5. The number of methoxy groups -OCH3 is 2. The number of benzene rings is 1. The molecule has 0 aliphatic carbocycles. The maximum atomic E-state index is 5.32. The van der Waals surface area contributed by atoms with Gasteiger partial charge in [-0.15, -0.1) is 0 Å². The lowest BCUT2D eigenvalue weighted by Gasteiger charge is -2.29. The van der Waals surface area contributed by atoms with Gasteiger partial charge in [-0.3, -0.25) is 0 Å². The van der Waals surface area contributed by atoms with Gasteiger partial charge in [0.2, 0.25) is 11.8 Å². The summed E-state index contributed by atoms with van der Waals surface area (Å²) in [7, 11) is 3.23. The van der Waals surface area contributed by atoms with E-state index in [1.807, 2.05) is 6.07 Å². The number of ether oxygens (including phenoxy) is 2. The van der Waals surface area contributed by atoms with E-state index in [0.29, 0.717) is 11.8 Å². The van der Waals surface area contributed by atoms with Crippen LogP contribution in [0.15, 0.2) is 36.4 Å². The highest BCUT2D eigenvalue weighted by Gasteiger charge is 2.32. The van der Waals surface area contributed by atoms with Crippen molar-refractivity contribution in [2.75, 3.05) is 40.4 Å². The minimum absolute atomic E-state index is 0.0916. The molecule has 0 saturated carbocycles. The fourth-order valence-electron chi connectivity index (χ4n) is 3.10. The molecule has 0 amide bonds. The van der Waals surface area contributed by atoms with Crippen LogP contribution in [-0.2, 0) is 0 Å². The fourth-order valence-corrected chi connectivity index (χ4v) is 3.10. The first-order valence-electron chi connectivity index (χ1n) is 8.00. The van der Waals surface area contributed by atoms with Gasteiger partial charge >= 0.3 is 0 Å².